The Morgan fingerprint density at radius 1 is 1.33 bits per heavy atom. The monoisotopic (exact) mass is 288 g/mol. The smallest absolute Gasteiger partial charge is 0.121 e. The number of ether oxygens (including phenoxy) is 1. The first-order valence-electron chi connectivity index (χ1n) is 8.04. The highest BCUT2D eigenvalue weighted by Gasteiger charge is 2.22. The number of rotatable bonds is 6. The van der Waals surface area contributed by atoms with Gasteiger partial charge in [-0.2, -0.15) is 0 Å². The highest BCUT2D eigenvalue weighted by molar-refractivity contribution is 5.63. The third-order valence-corrected chi connectivity index (χ3v) is 4.53. The molecule has 3 rings (SSSR count). The summed E-state index contributed by atoms with van der Waals surface area (Å²) in [5.41, 5.74) is 2.36. The fourth-order valence-corrected chi connectivity index (χ4v) is 3.29. The predicted octanol–water partition coefficient (Wildman–Crippen LogP) is 2.70. The Labute approximate surface area is 126 Å². The summed E-state index contributed by atoms with van der Waals surface area (Å²) in [7, 11) is 0. The maximum Gasteiger partial charge on any atom is 0.121 e. The molecular formula is C17H24N2O2. The third kappa shape index (κ3) is 3.56. The Morgan fingerprint density at radius 2 is 2.29 bits per heavy atom. The van der Waals surface area contributed by atoms with E-state index in [4.69, 9.17) is 4.74 Å². The maximum absolute atomic E-state index is 10.7. The van der Waals surface area contributed by atoms with Gasteiger partial charge in [-0.15, -0.1) is 0 Å². The predicted molar refractivity (Wildman–Crippen MR) is 84.1 cm³/mol. The lowest BCUT2D eigenvalue weighted by Gasteiger charge is -2.23. The number of nitrogens with one attached hydrogen (secondary N) is 2. The van der Waals surface area contributed by atoms with E-state index in [1.165, 1.54) is 24.8 Å². The van der Waals surface area contributed by atoms with Crippen LogP contribution in [-0.4, -0.2) is 32.0 Å². The van der Waals surface area contributed by atoms with Crippen molar-refractivity contribution in [2.24, 2.45) is 0 Å². The van der Waals surface area contributed by atoms with Gasteiger partial charge < -0.3 is 20.2 Å². The fourth-order valence-electron chi connectivity index (χ4n) is 3.29. The van der Waals surface area contributed by atoms with Crippen LogP contribution in [0.4, 0.5) is 5.69 Å². The molecular weight excluding hydrogens is 264 g/mol. The van der Waals surface area contributed by atoms with Crippen molar-refractivity contribution in [3.8, 4) is 5.75 Å². The molecule has 2 aliphatic rings. The largest absolute Gasteiger partial charge is 0.493 e. The Kier molecular flexibility index (Phi) is 4.76. The molecule has 0 radical (unpaired) electrons. The Bertz CT molecular complexity index is 484. The minimum atomic E-state index is 0.318. The SMILES string of the molecule is O=CCC1CNc2cc(OCCC3CCCCN3)ccc21. The van der Waals surface area contributed by atoms with Gasteiger partial charge in [0.25, 0.3) is 0 Å². The van der Waals surface area contributed by atoms with Gasteiger partial charge in [0.15, 0.2) is 0 Å². The average Bonchev–Trinajstić information content (AvgIpc) is 2.91. The van der Waals surface area contributed by atoms with Crippen LogP contribution in [0.5, 0.6) is 5.75 Å². The second-order valence-electron chi connectivity index (χ2n) is 6.01. The van der Waals surface area contributed by atoms with Gasteiger partial charge in [0, 0.05) is 36.7 Å². The van der Waals surface area contributed by atoms with Crippen LogP contribution in [0.3, 0.4) is 0 Å². The lowest BCUT2D eigenvalue weighted by Crippen LogP contribution is -2.35. The van der Waals surface area contributed by atoms with E-state index in [0.717, 1.165) is 43.8 Å². The van der Waals surface area contributed by atoms with E-state index in [-0.39, 0.29) is 0 Å². The second-order valence-corrected chi connectivity index (χ2v) is 6.01. The molecule has 1 aromatic rings. The van der Waals surface area contributed by atoms with Crippen molar-refractivity contribution in [1.29, 1.82) is 0 Å². The average molecular weight is 288 g/mol. The first-order valence-corrected chi connectivity index (χ1v) is 8.04. The summed E-state index contributed by atoms with van der Waals surface area (Å²) in [5, 5.41) is 6.91. The number of aldehydes is 1. The number of benzene rings is 1. The minimum absolute atomic E-state index is 0.318. The zero-order chi connectivity index (χ0) is 14.5. The Morgan fingerprint density at radius 3 is 3.10 bits per heavy atom. The van der Waals surface area contributed by atoms with E-state index >= 15 is 0 Å². The van der Waals surface area contributed by atoms with Gasteiger partial charge in [-0.25, -0.2) is 0 Å². The molecule has 0 spiro atoms. The molecule has 2 unspecified atom stereocenters. The summed E-state index contributed by atoms with van der Waals surface area (Å²) >= 11 is 0. The number of hydrogen-bond acceptors (Lipinski definition) is 4. The van der Waals surface area contributed by atoms with Crippen LogP contribution in [0.15, 0.2) is 18.2 Å². The molecule has 114 valence electrons. The normalized spacial score (nSPS) is 24.2. The number of piperidine rings is 1. The lowest BCUT2D eigenvalue weighted by atomic mass is 9.98. The van der Waals surface area contributed by atoms with E-state index in [2.05, 4.69) is 22.8 Å². The van der Waals surface area contributed by atoms with Crippen LogP contribution < -0.4 is 15.4 Å². The van der Waals surface area contributed by atoms with Crippen LogP contribution in [0.25, 0.3) is 0 Å². The first-order chi connectivity index (χ1) is 10.4. The number of hydrogen-bond donors (Lipinski definition) is 2. The van der Waals surface area contributed by atoms with E-state index in [1.807, 2.05) is 6.07 Å². The Hall–Kier alpha value is -1.55. The number of fused-ring (bicyclic) bond motifs is 1. The topological polar surface area (TPSA) is 50.4 Å². The first kappa shape index (κ1) is 14.4. The van der Waals surface area contributed by atoms with Crippen molar-refractivity contribution in [2.45, 2.75) is 44.1 Å². The molecule has 1 fully saturated rings. The fraction of sp³-hybridized carbons (Fsp3) is 0.588. The highest BCUT2D eigenvalue weighted by atomic mass is 16.5. The van der Waals surface area contributed by atoms with Crippen LogP contribution in [0.1, 0.15) is 43.6 Å². The van der Waals surface area contributed by atoms with Gasteiger partial charge in [-0.05, 0) is 37.4 Å². The molecule has 0 saturated carbocycles. The van der Waals surface area contributed by atoms with Gasteiger partial charge in [0.2, 0.25) is 0 Å². The molecule has 2 heterocycles. The Balaban J connectivity index is 1.51. The molecule has 2 atom stereocenters. The van der Waals surface area contributed by atoms with E-state index in [9.17, 15) is 4.79 Å². The zero-order valence-corrected chi connectivity index (χ0v) is 12.4. The van der Waals surface area contributed by atoms with E-state index in [1.54, 1.807) is 0 Å². The molecule has 21 heavy (non-hydrogen) atoms. The number of anilines is 1. The minimum Gasteiger partial charge on any atom is -0.493 e. The van der Waals surface area contributed by atoms with Crippen molar-refractivity contribution < 1.29 is 9.53 Å². The zero-order valence-electron chi connectivity index (χ0n) is 12.4. The van der Waals surface area contributed by atoms with Gasteiger partial charge in [-0.3, -0.25) is 0 Å². The van der Waals surface area contributed by atoms with Gasteiger partial charge >= 0.3 is 0 Å². The molecule has 0 aliphatic carbocycles. The molecule has 0 bridgehead atoms. The maximum atomic E-state index is 10.7. The summed E-state index contributed by atoms with van der Waals surface area (Å²) in [6, 6.07) is 6.80. The van der Waals surface area contributed by atoms with Gasteiger partial charge in [0.05, 0.1) is 6.61 Å². The molecule has 4 heteroatoms. The van der Waals surface area contributed by atoms with Crippen molar-refractivity contribution in [3.63, 3.8) is 0 Å². The third-order valence-electron chi connectivity index (χ3n) is 4.53. The summed E-state index contributed by atoms with van der Waals surface area (Å²) in [5.74, 6) is 1.24. The lowest BCUT2D eigenvalue weighted by molar-refractivity contribution is -0.108. The van der Waals surface area contributed by atoms with Gasteiger partial charge in [-0.1, -0.05) is 12.5 Å². The van der Waals surface area contributed by atoms with Crippen LogP contribution in [0, 0.1) is 0 Å². The molecule has 2 aliphatic heterocycles. The number of carbonyl (C=O) groups is 1. The molecule has 2 N–H and O–H groups in total. The van der Waals surface area contributed by atoms with Crippen molar-refractivity contribution in [1.82, 2.24) is 5.32 Å². The van der Waals surface area contributed by atoms with Gasteiger partial charge in [0.1, 0.15) is 12.0 Å². The second kappa shape index (κ2) is 6.94. The molecule has 0 amide bonds. The van der Waals surface area contributed by atoms with Crippen LogP contribution in [-0.2, 0) is 4.79 Å². The quantitative estimate of drug-likeness (QED) is 0.790. The molecule has 1 saturated heterocycles. The van der Waals surface area contributed by atoms with E-state index < -0.39 is 0 Å². The van der Waals surface area contributed by atoms with Crippen molar-refractivity contribution >= 4 is 12.0 Å². The number of carbonyl (C=O) groups excluding carboxylic acids is 1. The van der Waals surface area contributed by atoms with Crippen molar-refractivity contribution in [2.75, 3.05) is 25.0 Å². The summed E-state index contributed by atoms with van der Waals surface area (Å²) in [6.45, 7) is 2.75. The molecule has 4 nitrogen and oxygen atoms in total. The standard InChI is InChI=1S/C17H24N2O2/c20-9-6-13-12-19-17-11-15(4-5-16(13)17)21-10-7-14-3-1-2-8-18-14/h4-5,9,11,13-14,18-19H,1-3,6-8,10,12H2. The highest BCUT2D eigenvalue weighted by Crippen LogP contribution is 2.35. The summed E-state index contributed by atoms with van der Waals surface area (Å²) < 4.78 is 5.88. The molecule has 1 aromatic carbocycles. The summed E-state index contributed by atoms with van der Waals surface area (Å²) in [6.07, 6.45) is 6.56. The van der Waals surface area contributed by atoms with Crippen LogP contribution in [0.2, 0.25) is 0 Å². The summed E-state index contributed by atoms with van der Waals surface area (Å²) in [4.78, 5) is 10.7. The van der Waals surface area contributed by atoms with Crippen LogP contribution >= 0.6 is 0 Å². The van der Waals surface area contributed by atoms with Crippen molar-refractivity contribution in [3.05, 3.63) is 23.8 Å². The molecule has 0 aromatic heterocycles. The van der Waals surface area contributed by atoms with E-state index in [0.29, 0.717) is 18.4 Å².